The molecule has 8 heteroatoms. The fourth-order valence-corrected chi connectivity index (χ4v) is 3.26. The molecule has 1 aromatic heterocycles. The van der Waals surface area contributed by atoms with E-state index in [4.69, 9.17) is 4.74 Å². The molecular weight excluding hydrogens is 316 g/mol. The molecule has 0 bridgehead atoms. The Morgan fingerprint density at radius 1 is 1.48 bits per heavy atom. The topological polar surface area (TPSA) is 84.4 Å². The van der Waals surface area contributed by atoms with Gasteiger partial charge in [-0.1, -0.05) is 23.5 Å². The van der Waals surface area contributed by atoms with Crippen LogP contribution in [-0.2, 0) is 9.59 Å². The first-order chi connectivity index (χ1) is 11.1. The highest BCUT2D eigenvalue weighted by atomic mass is 32.1. The second-order valence-corrected chi connectivity index (χ2v) is 6.10. The maximum Gasteiger partial charge on any atom is 0.232 e. The van der Waals surface area contributed by atoms with Crippen molar-refractivity contribution in [3.8, 4) is 5.75 Å². The Kier molecular flexibility index (Phi) is 4.24. The van der Waals surface area contributed by atoms with Crippen molar-refractivity contribution in [2.24, 2.45) is 5.92 Å². The average Bonchev–Trinajstić information content (AvgIpc) is 3.16. The third-order valence-corrected chi connectivity index (χ3v) is 4.56. The number of methoxy groups -OCH3 is 1. The van der Waals surface area contributed by atoms with Gasteiger partial charge in [0, 0.05) is 13.5 Å². The van der Waals surface area contributed by atoms with Crippen LogP contribution in [0, 0.1) is 5.92 Å². The van der Waals surface area contributed by atoms with Crippen molar-refractivity contribution in [1.29, 1.82) is 0 Å². The molecule has 1 aromatic carbocycles. The van der Waals surface area contributed by atoms with Gasteiger partial charge in [-0.15, -0.1) is 10.2 Å². The van der Waals surface area contributed by atoms with Crippen molar-refractivity contribution in [2.45, 2.75) is 12.5 Å². The summed E-state index contributed by atoms with van der Waals surface area (Å²) in [6.07, 6.45) is 0.170. The summed E-state index contributed by atoms with van der Waals surface area (Å²) >= 11 is 1.24. The zero-order chi connectivity index (χ0) is 16.4. The van der Waals surface area contributed by atoms with E-state index >= 15 is 0 Å². The van der Waals surface area contributed by atoms with Crippen molar-refractivity contribution < 1.29 is 14.3 Å². The lowest BCUT2D eigenvalue weighted by molar-refractivity contribution is -0.127. The molecule has 23 heavy (non-hydrogen) atoms. The minimum absolute atomic E-state index is 0.0600. The third-order valence-electron chi connectivity index (χ3n) is 3.95. The summed E-state index contributed by atoms with van der Waals surface area (Å²) in [5, 5.41) is 10.7. The molecule has 7 nitrogen and oxygen atoms in total. The van der Waals surface area contributed by atoms with Crippen molar-refractivity contribution in [1.82, 2.24) is 15.1 Å². The molecular formula is C15H16N4O3S. The molecule has 1 aliphatic heterocycles. The number of aromatic nitrogens is 2. The summed E-state index contributed by atoms with van der Waals surface area (Å²) in [5.41, 5.74) is 2.41. The summed E-state index contributed by atoms with van der Waals surface area (Å²) in [6.45, 7) is 0. The molecule has 2 amide bonds. The van der Waals surface area contributed by atoms with E-state index in [1.165, 1.54) is 11.3 Å². The van der Waals surface area contributed by atoms with E-state index in [1.54, 1.807) is 24.6 Å². The second kappa shape index (κ2) is 6.33. The van der Waals surface area contributed by atoms with E-state index in [1.807, 2.05) is 24.3 Å². The van der Waals surface area contributed by atoms with Crippen molar-refractivity contribution in [3.63, 3.8) is 0 Å². The normalized spacial score (nSPS) is 20.6. The number of carbonyl (C=O) groups excluding carboxylic acids is 2. The maximum atomic E-state index is 12.6. The van der Waals surface area contributed by atoms with E-state index in [0.717, 1.165) is 5.56 Å². The van der Waals surface area contributed by atoms with Gasteiger partial charge in [0.25, 0.3) is 0 Å². The number of likely N-dealkylation sites (tertiary alicyclic amines) is 1. The Bertz CT molecular complexity index is 719. The summed E-state index contributed by atoms with van der Waals surface area (Å²) < 4.78 is 5.24. The number of ether oxygens (including phenoxy) is 1. The van der Waals surface area contributed by atoms with Gasteiger partial charge in [0.1, 0.15) is 11.3 Å². The summed E-state index contributed by atoms with van der Waals surface area (Å²) in [5.74, 6) is -0.0791. The first-order valence-electron chi connectivity index (χ1n) is 7.07. The molecule has 0 unspecified atom stereocenters. The molecule has 0 spiro atoms. The zero-order valence-corrected chi connectivity index (χ0v) is 13.5. The monoisotopic (exact) mass is 332 g/mol. The SMILES string of the molecule is COc1cccc([C@@H]2[C@H](C(=O)Nc3nncs3)CC(=O)N2C)c1. The number of nitrogens with one attached hydrogen (secondary N) is 1. The number of anilines is 1. The standard InChI is InChI=1S/C15H16N4O3S/c1-19-12(20)7-11(14(21)17-15-18-16-8-23-15)13(19)9-4-3-5-10(6-9)22-2/h3-6,8,11,13H,7H2,1-2H3,(H,17,18,21)/t11-,13-/m1/s1. The molecule has 1 fully saturated rings. The van der Waals surface area contributed by atoms with Gasteiger partial charge in [-0.05, 0) is 17.7 Å². The number of hydrogen-bond acceptors (Lipinski definition) is 6. The minimum atomic E-state index is -0.483. The molecule has 1 aliphatic rings. The van der Waals surface area contributed by atoms with Gasteiger partial charge in [0.05, 0.1) is 19.1 Å². The van der Waals surface area contributed by atoms with Gasteiger partial charge in [-0.3, -0.25) is 9.59 Å². The molecule has 3 rings (SSSR count). The molecule has 1 saturated heterocycles. The molecule has 0 aliphatic carbocycles. The lowest BCUT2D eigenvalue weighted by Gasteiger charge is -2.25. The van der Waals surface area contributed by atoms with Crippen LogP contribution in [0.4, 0.5) is 5.13 Å². The van der Waals surface area contributed by atoms with Crippen LogP contribution in [0.1, 0.15) is 18.0 Å². The van der Waals surface area contributed by atoms with Gasteiger partial charge >= 0.3 is 0 Å². The van der Waals surface area contributed by atoms with Gasteiger partial charge in [0.2, 0.25) is 16.9 Å². The zero-order valence-electron chi connectivity index (χ0n) is 12.7. The van der Waals surface area contributed by atoms with Gasteiger partial charge in [-0.25, -0.2) is 0 Å². The highest BCUT2D eigenvalue weighted by Crippen LogP contribution is 2.38. The number of amides is 2. The van der Waals surface area contributed by atoms with Crippen LogP contribution < -0.4 is 10.1 Å². The number of rotatable bonds is 4. The van der Waals surface area contributed by atoms with Gasteiger partial charge in [-0.2, -0.15) is 0 Å². The third kappa shape index (κ3) is 3.02. The van der Waals surface area contributed by atoms with E-state index in [2.05, 4.69) is 15.5 Å². The summed E-state index contributed by atoms with van der Waals surface area (Å²) in [6, 6.07) is 7.10. The highest BCUT2D eigenvalue weighted by Gasteiger charge is 2.43. The summed E-state index contributed by atoms with van der Waals surface area (Å²) in [4.78, 5) is 26.3. The first kappa shape index (κ1) is 15.4. The average molecular weight is 332 g/mol. The fraction of sp³-hybridized carbons (Fsp3) is 0.333. The predicted molar refractivity (Wildman–Crippen MR) is 85.2 cm³/mol. The Labute approximate surface area is 137 Å². The van der Waals surface area contributed by atoms with E-state index in [9.17, 15) is 9.59 Å². The van der Waals surface area contributed by atoms with E-state index < -0.39 is 5.92 Å². The maximum absolute atomic E-state index is 12.6. The Morgan fingerprint density at radius 2 is 2.30 bits per heavy atom. The Hall–Kier alpha value is -2.48. The van der Waals surface area contributed by atoms with Crippen LogP contribution in [0.25, 0.3) is 0 Å². The summed E-state index contributed by atoms with van der Waals surface area (Å²) in [7, 11) is 3.30. The number of nitrogens with zero attached hydrogens (tertiary/aromatic N) is 3. The lowest BCUT2D eigenvalue weighted by Crippen LogP contribution is -2.30. The molecule has 2 aromatic rings. The van der Waals surface area contributed by atoms with Crippen molar-refractivity contribution in [2.75, 3.05) is 19.5 Å². The Balaban J connectivity index is 1.88. The number of carbonyl (C=O) groups is 2. The van der Waals surface area contributed by atoms with Gasteiger partial charge in [0.15, 0.2) is 0 Å². The smallest absolute Gasteiger partial charge is 0.232 e. The van der Waals surface area contributed by atoms with Crippen molar-refractivity contribution in [3.05, 3.63) is 35.3 Å². The largest absolute Gasteiger partial charge is 0.497 e. The highest BCUT2D eigenvalue weighted by molar-refractivity contribution is 7.13. The lowest BCUT2D eigenvalue weighted by atomic mass is 9.93. The first-order valence-corrected chi connectivity index (χ1v) is 7.94. The molecule has 1 N–H and O–H groups in total. The van der Waals surface area contributed by atoms with Crippen LogP contribution in [0.15, 0.2) is 29.8 Å². The second-order valence-electron chi connectivity index (χ2n) is 5.27. The number of hydrogen-bond donors (Lipinski definition) is 1. The van der Waals surface area contributed by atoms with Crippen LogP contribution in [-0.4, -0.2) is 41.1 Å². The minimum Gasteiger partial charge on any atom is -0.497 e. The van der Waals surface area contributed by atoms with Crippen molar-refractivity contribution >= 4 is 28.3 Å². The Morgan fingerprint density at radius 3 is 3.00 bits per heavy atom. The van der Waals surface area contributed by atoms with E-state index in [0.29, 0.717) is 10.9 Å². The molecule has 0 radical (unpaired) electrons. The molecule has 2 atom stereocenters. The fourth-order valence-electron chi connectivity index (χ4n) is 2.81. The van der Waals surface area contributed by atoms with E-state index in [-0.39, 0.29) is 24.3 Å². The van der Waals surface area contributed by atoms with Crippen LogP contribution in [0.5, 0.6) is 5.75 Å². The predicted octanol–water partition coefficient (Wildman–Crippen LogP) is 1.70. The van der Waals surface area contributed by atoms with Crippen LogP contribution >= 0.6 is 11.3 Å². The molecule has 120 valence electrons. The molecule has 2 heterocycles. The quantitative estimate of drug-likeness (QED) is 0.921. The van der Waals surface area contributed by atoms with Crippen LogP contribution in [0.3, 0.4) is 0 Å². The number of benzene rings is 1. The van der Waals surface area contributed by atoms with Gasteiger partial charge < -0.3 is 15.0 Å². The molecule has 0 saturated carbocycles. The van der Waals surface area contributed by atoms with Crippen LogP contribution in [0.2, 0.25) is 0 Å².